The van der Waals surface area contributed by atoms with Crippen LogP contribution in [-0.2, 0) is 11.3 Å². The number of amides is 1. The van der Waals surface area contributed by atoms with E-state index < -0.39 is 11.5 Å². The van der Waals surface area contributed by atoms with E-state index in [4.69, 9.17) is 4.74 Å². The summed E-state index contributed by atoms with van der Waals surface area (Å²) in [6.07, 6.45) is 4.98. The molecule has 0 saturated heterocycles. The zero-order valence-electron chi connectivity index (χ0n) is 16.7. The third-order valence-electron chi connectivity index (χ3n) is 3.98. The first kappa shape index (κ1) is 21.0. The van der Waals surface area contributed by atoms with Gasteiger partial charge in [0.05, 0.1) is 19.0 Å². The van der Waals surface area contributed by atoms with Gasteiger partial charge < -0.3 is 14.5 Å². The molecule has 3 aromatic rings. The lowest BCUT2D eigenvalue weighted by Crippen LogP contribution is -2.30. The maximum atomic E-state index is 12.4. The second-order valence-electron chi connectivity index (χ2n) is 7.40. The molecule has 3 rings (SSSR count). The van der Waals surface area contributed by atoms with Crippen molar-refractivity contribution in [1.29, 1.82) is 0 Å². The maximum absolute atomic E-state index is 12.4. The average Bonchev–Trinajstić information content (AvgIpc) is 3.02. The van der Waals surface area contributed by atoms with E-state index in [9.17, 15) is 9.59 Å². The Hall–Kier alpha value is -2.75. The highest BCUT2D eigenvalue weighted by Crippen LogP contribution is 2.22. The molecule has 0 aliphatic rings. The normalized spacial score (nSPS) is 11.4. The smallest absolute Gasteiger partial charge is 0.270 e. The van der Waals surface area contributed by atoms with Crippen LogP contribution < -0.4 is 15.6 Å². The minimum Gasteiger partial charge on any atom is -0.491 e. The van der Waals surface area contributed by atoms with Gasteiger partial charge >= 0.3 is 0 Å². The summed E-state index contributed by atoms with van der Waals surface area (Å²) in [7, 11) is 0. The Kier molecular flexibility index (Phi) is 6.31. The van der Waals surface area contributed by atoms with Crippen molar-refractivity contribution in [2.75, 3.05) is 11.9 Å². The molecule has 0 saturated carbocycles. The first-order valence-electron chi connectivity index (χ1n) is 9.28. The first-order chi connectivity index (χ1) is 13.7. The lowest BCUT2D eigenvalue weighted by atomic mass is 10.1. The number of halogens is 1. The molecule has 0 atom stereocenters. The van der Waals surface area contributed by atoms with Crippen LogP contribution in [0.3, 0.4) is 0 Å². The third kappa shape index (κ3) is 5.20. The van der Waals surface area contributed by atoms with E-state index >= 15 is 0 Å². The third-order valence-corrected chi connectivity index (χ3v) is 4.39. The van der Waals surface area contributed by atoms with Crippen LogP contribution in [-0.4, -0.2) is 36.7 Å². The highest BCUT2D eigenvalue weighted by Gasteiger charge is 2.16. The molecule has 3 heterocycles. The summed E-state index contributed by atoms with van der Waals surface area (Å²) in [5, 5.41) is 7.05. The lowest BCUT2D eigenvalue weighted by Gasteiger charge is -2.16. The Labute approximate surface area is 176 Å². The Morgan fingerprint density at radius 1 is 1.28 bits per heavy atom. The molecular formula is C19H23BrN6O3. The van der Waals surface area contributed by atoms with Crippen LogP contribution in [0.4, 0.5) is 5.82 Å². The van der Waals surface area contributed by atoms with Gasteiger partial charge in [0.2, 0.25) is 5.91 Å². The predicted molar refractivity (Wildman–Crippen MR) is 112 cm³/mol. The number of imidazole rings is 1. The zero-order valence-corrected chi connectivity index (χ0v) is 18.3. The van der Waals surface area contributed by atoms with Crippen molar-refractivity contribution in [1.82, 2.24) is 24.1 Å². The van der Waals surface area contributed by atoms with E-state index in [1.807, 2.05) is 27.7 Å². The number of ether oxygens (including phenoxy) is 1. The monoisotopic (exact) mass is 462 g/mol. The van der Waals surface area contributed by atoms with E-state index in [2.05, 4.69) is 36.3 Å². The summed E-state index contributed by atoms with van der Waals surface area (Å²) in [4.78, 5) is 33.2. The van der Waals surface area contributed by atoms with Crippen molar-refractivity contribution in [3.05, 3.63) is 45.3 Å². The largest absolute Gasteiger partial charge is 0.491 e. The van der Waals surface area contributed by atoms with Crippen molar-refractivity contribution in [2.45, 2.75) is 40.2 Å². The van der Waals surface area contributed by atoms with Gasteiger partial charge in [0.25, 0.3) is 5.56 Å². The standard InChI is InChI=1S/C19H23BrN6O3/c1-11(2)10-29-13-5-18(28)26(24-19(13)12(3)4)9-17(27)23-15-8-25-7-14(20)21-6-16(25)22-15/h5-8,11-12H,9-10H2,1-4H3,(H,23,27). The van der Waals surface area contributed by atoms with Gasteiger partial charge in [0.15, 0.2) is 11.5 Å². The summed E-state index contributed by atoms with van der Waals surface area (Å²) < 4.78 is 9.26. The van der Waals surface area contributed by atoms with E-state index in [-0.39, 0.29) is 12.5 Å². The van der Waals surface area contributed by atoms with Crippen LogP contribution in [0.15, 0.2) is 34.1 Å². The Morgan fingerprint density at radius 3 is 2.72 bits per heavy atom. The molecule has 154 valence electrons. The van der Waals surface area contributed by atoms with Crippen LogP contribution in [0.1, 0.15) is 39.3 Å². The van der Waals surface area contributed by atoms with Gasteiger partial charge in [0, 0.05) is 18.2 Å². The van der Waals surface area contributed by atoms with Crippen molar-refractivity contribution in [2.24, 2.45) is 5.92 Å². The summed E-state index contributed by atoms with van der Waals surface area (Å²) in [5.41, 5.74) is 0.834. The number of fused-ring (bicyclic) bond motifs is 1. The molecule has 0 spiro atoms. The minimum atomic E-state index is -0.402. The van der Waals surface area contributed by atoms with Gasteiger partial charge in [-0.2, -0.15) is 5.10 Å². The topological polar surface area (TPSA) is 103 Å². The molecular weight excluding hydrogens is 440 g/mol. The van der Waals surface area contributed by atoms with E-state index in [0.29, 0.717) is 40.0 Å². The highest BCUT2D eigenvalue weighted by molar-refractivity contribution is 9.10. The maximum Gasteiger partial charge on any atom is 0.270 e. The Balaban J connectivity index is 1.78. The fourth-order valence-electron chi connectivity index (χ4n) is 2.63. The Bertz CT molecular complexity index is 1090. The van der Waals surface area contributed by atoms with Gasteiger partial charge in [-0.3, -0.25) is 9.59 Å². The van der Waals surface area contributed by atoms with Crippen molar-refractivity contribution in [3.8, 4) is 5.75 Å². The first-order valence-corrected chi connectivity index (χ1v) is 10.1. The van der Waals surface area contributed by atoms with Crippen LogP contribution in [0.5, 0.6) is 5.75 Å². The van der Waals surface area contributed by atoms with Crippen molar-refractivity contribution >= 4 is 33.3 Å². The number of carbonyl (C=O) groups excluding carboxylic acids is 1. The van der Waals surface area contributed by atoms with Gasteiger partial charge in [-0.1, -0.05) is 27.7 Å². The highest BCUT2D eigenvalue weighted by atomic mass is 79.9. The average molecular weight is 463 g/mol. The van der Waals surface area contributed by atoms with E-state index in [1.165, 1.54) is 6.07 Å². The zero-order chi connectivity index (χ0) is 21.1. The van der Waals surface area contributed by atoms with Gasteiger partial charge in [-0.15, -0.1) is 0 Å². The summed E-state index contributed by atoms with van der Waals surface area (Å²) >= 11 is 3.28. The minimum absolute atomic E-state index is 0.0384. The number of carbonyl (C=O) groups is 1. The molecule has 3 aromatic heterocycles. The molecule has 0 aromatic carbocycles. The van der Waals surface area contributed by atoms with Gasteiger partial charge in [-0.25, -0.2) is 14.6 Å². The molecule has 9 nitrogen and oxygen atoms in total. The molecule has 1 N–H and O–H groups in total. The lowest BCUT2D eigenvalue weighted by molar-refractivity contribution is -0.117. The molecule has 0 bridgehead atoms. The quantitative estimate of drug-likeness (QED) is 0.578. The number of hydrogen-bond acceptors (Lipinski definition) is 6. The number of aromatic nitrogens is 5. The second-order valence-corrected chi connectivity index (χ2v) is 8.21. The molecule has 0 fully saturated rings. The molecule has 0 unspecified atom stereocenters. The number of nitrogens with zero attached hydrogens (tertiary/aromatic N) is 5. The van der Waals surface area contributed by atoms with Crippen molar-refractivity contribution < 1.29 is 9.53 Å². The summed E-state index contributed by atoms with van der Waals surface area (Å²) in [5.74, 6) is 0.791. The number of rotatable bonds is 7. The number of hydrogen-bond donors (Lipinski definition) is 1. The summed E-state index contributed by atoms with van der Waals surface area (Å²) in [6, 6.07) is 1.39. The van der Waals surface area contributed by atoms with Crippen LogP contribution in [0, 0.1) is 5.92 Å². The Morgan fingerprint density at radius 2 is 2.03 bits per heavy atom. The fourth-order valence-corrected chi connectivity index (χ4v) is 2.95. The van der Waals surface area contributed by atoms with E-state index in [1.54, 1.807) is 23.0 Å². The van der Waals surface area contributed by atoms with Crippen LogP contribution >= 0.6 is 15.9 Å². The molecule has 0 aliphatic carbocycles. The molecule has 10 heteroatoms. The fraction of sp³-hybridized carbons (Fsp3) is 0.421. The molecule has 1 amide bonds. The van der Waals surface area contributed by atoms with Crippen LogP contribution in [0.2, 0.25) is 0 Å². The molecule has 0 radical (unpaired) electrons. The second kappa shape index (κ2) is 8.73. The number of anilines is 1. The SMILES string of the molecule is CC(C)COc1cc(=O)n(CC(=O)Nc2cn3cc(Br)ncc3n2)nc1C(C)C. The molecule has 29 heavy (non-hydrogen) atoms. The van der Waals surface area contributed by atoms with Crippen LogP contribution in [0.25, 0.3) is 5.65 Å². The molecule has 0 aliphatic heterocycles. The van der Waals surface area contributed by atoms with E-state index in [0.717, 1.165) is 4.68 Å². The van der Waals surface area contributed by atoms with Crippen molar-refractivity contribution in [3.63, 3.8) is 0 Å². The van der Waals surface area contributed by atoms with Gasteiger partial charge in [-0.05, 0) is 21.8 Å². The summed E-state index contributed by atoms with van der Waals surface area (Å²) in [6.45, 7) is 8.25. The van der Waals surface area contributed by atoms with Gasteiger partial charge in [0.1, 0.15) is 22.6 Å². The predicted octanol–water partition coefficient (Wildman–Crippen LogP) is 2.85. The number of nitrogens with one attached hydrogen (secondary N) is 1.